The summed E-state index contributed by atoms with van der Waals surface area (Å²) in [7, 11) is 0. The third-order valence-corrected chi connectivity index (χ3v) is 3.73. The average molecular weight is 316 g/mol. The lowest BCUT2D eigenvalue weighted by Gasteiger charge is -2.33. The summed E-state index contributed by atoms with van der Waals surface area (Å²) in [6.45, 7) is 0.943. The minimum atomic E-state index is -0.648. The quantitative estimate of drug-likeness (QED) is 0.816. The summed E-state index contributed by atoms with van der Waals surface area (Å²) in [5.41, 5.74) is 1.24. The number of halogens is 2. The van der Waals surface area contributed by atoms with E-state index in [0.29, 0.717) is 18.8 Å². The zero-order valence-corrected chi connectivity index (χ0v) is 12.2. The number of hydrogen-bond donors (Lipinski definition) is 0. The highest BCUT2D eigenvalue weighted by Crippen LogP contribution is 2.19. The van der Waals surface area contributed by atoms with Crippen molar-refractivity contribution in [2.24, 2.45) is 0 Å². The van der Waals surface area contributed by atoms with E-state index < -0.39 is 17.6 Å². The zero-order chi connectivity index (χ0) is 16.4. The lowest BCUT2D eigenvalue weighted by Crippen LogP contribution is -2.54. The molecule has 1 aliphatic rings. The van der Waals surface area contributed by atoms with Crippen LogP contribution in [0.4, 0.5) is 14.5 Å². The predicted molar refractivity (Wildman–Crippen MR) is 80.6 cm³/mol. The first-order valence-corrected chi connectivity index (χ1v) is 7.15. The Morgan fingerprint density at radius 2 is 1.35 bits per heavy atom. The lowest BCUT2D eigenvalue weighted by molar-refractivity contribution is -0.146. The Hall–Kier alpha value is -2.76. The molecule has 1 heterocycles. The highest BCUT2D eigenvalue weighted by molar-refractivity contribution is 6.40. The average Bonchev–Trinajstić information content (AvgIpc) is 2.55. The highest BCUT2D eigenvalue weighted by Gasteiger charge is 2.33. The molecule has 6 heteroatoms. The first-order chi connectivity index (χ1) is 11.0. The van der Waals surface area contributed by atoms with Gasteiger partial charge in [-0.2, -0.15) is 0 Å². The van der Waals surface area contributed by atoms with Crippen LogP contribution in [0.1, 0.15) is 5.56 Å². The topological polar surface area (TPSA) is 40.6 Å². The molecule has 0 atom stereocenters. The van der Waals surface area contributed by atoms with Gasteiger partial charge in [0.15, 0.2) is 0 Å². The van der Waals surface area contributed by atoms with E-state index in [1.807, 2.05) is 0 Å². The number of carbonyl (C=O) groups is 2. The van der Waals surface area contributed by atoms with Gasteiger partial charge in [-0.05, 0) is 42.0 Å². The molecule has 23 heavy (non-hydrogen) atoms. The van der Waals surface area contributed by atoms with Crippen molar-refractivity contribution in [1.29, 1.82) is 0 Å². The summed E-state index contributed by atoms with van der Waals surface area (Å²) in [4.78, 5) is 27.2. The van der Waals surface area contributed by atoms with Crippen LogP contribution in [-0.4, -0.2) is 29.8 Å². The lowest BCUT2D eigenvalue weighted by atomic mass is 10.1. The standard InChI is InChI=1S/C17H14F2N2O2/c18-13-3-1-12(2-4-13)11-20-9-10-21(17(23)16(20)22)15-7-5-14(19)6-8-15/h1-8H,9-11H2. The minimum Gasteiger partial charge on any atom is -0.328 e. The zero-order valence-electron chi connectivity index (χ0n) is 12.2. The Balaban J connectivity index is 1.72. The number of piperazine rings is 1. The van der Waals surface area contributed by atoms with Crippen LogP contribution in [0.2, 0.25) is 0 Å². The van der Waals surface area contributed by atoms with E-state index in [1.165, 1.54) is 46.2 Å². The molecule has 0 saturated carbocycles. The molecule has 4 nitrogen and oxygen atoms in total. The van der Waals surface area contributed by atoms with Gasteiger partial charge in [-0.3, -0.25) is 9.59 Å². The van der Waals surface area contributed by atoms with Crippen LogP contribution in [0.25, 0.3) is 0 Å². The Morgan fingerprint density at radius 3 is 1.96 bits per heavy atom. The molecule has 2 amide bonds. The van der Waals surface area contributed by atoms with E-state index in [9.17, 15) is 18.4 Å². The van der Waals surface area contributed by atoms with Crippen LogP contribution in [0.5, 0.6) is 0 Å². The molecule has 0 aromatic heterocycles. The van der Waals surface area contributed by atoms with Gasteiger partial charge in [0.2, 0.25) is 0 Å². The number of anilines is 1. The second-order valence-corrected chi connectivity index (χ2v) is 5.29. The predicted octanol–water partition coefficient (Wildman–Crippen LogP) is 2.34. The van der Waals surface area contributed by atoms with Crippen molar-refractivity contribution in [3.63, 3.8) is 0 Å². The summed E-state index contributed by atoms with van der Waals surface area (Å²) >= 11 is 0. The van der Waals surface area contributed by atoms with E-state index >= 15 is 0 Å². The fourth-order valence-corrected chi connectivity index (χ4v) is 2.50. The molecule has 0 N–H and O–H groups in total. The SMILES string of the molecule is O=C1C(=O)N(c2ccc(F)cc2)CCN1Cc1ccc(F)cc1. The Bertz CT molecular complexity index is 729. The van der Waals surface area contributed by atoms with Gasteiger partial charge < -0.3 is 9.80 Å². The summed E-state index contributed by atoms with van der Waals surface area (Å²) < 4.78 is 25.9. The van der Waals surface area contributed by atoms with Crippen LogP contribution in [-0.2, 0) is 16.1 Å². The van der Waals surface area contributed by atoms with E-state index in [1.54, 1.807) is 12.1 Å². The maximum Gasteiger partial charge on any atom is 0.316 e. The molecule has 0 spiro atoms. The highest BCUT2D eigenvalue weighted by atomic mass is 19.1. The molecule has 118 valence electrons. The van der Waals surface area contributed by atoms with Crippen molar-refractivity contribution >= 4 is 17.5 Å². The fourth-order valence-electron chi connectivity index (χ4n) is 2.50. The molecular weight excluding hydrogens is 302 g/mol. The number of amides is 2. The molecule has 0 unspecified atom stereocenters. The van der Waals surface area contributed by atoms with Crippen molar-refractivity contribution in [3.05, 3.63) is 65.7 Å². The molecule has 1 aliphatic heterocycles. The van der Waals surface area contributed by atoms with Gasteiger partial charge in [-0.15, -0.1) is 0 Å². The van der Waals surface area contributed by atoms with Gasteiger partial charge >= 0.3 is 11.8 Å². The van der Waals surface area contributed by atoms with Crippen LogP contribution in [0.15, 0.2) is 48.5 Å². The maximum atomic E-state index is 13.0. The van der Waals surface area contributed by atoms with Gasteiger partial charge in [0.1, 0.15) is 11.6 Å². The van der Waals surface area contributed by atoms with Crippen LogP contribution in [0, 0.1) is 11.6 Å². The van der Waals surface area contributed by atoms with E-state index in [2.05, 4.69) is 0 Å². The van der Waals surface area contributed by atoms with Gasteiger partial charge in [0.05, 0.1) is 0 Å². The first kappa shape index (κ1) is 15.1. The molecule has 1 saturated heterocycles. The van der Waals surface area contributed by atoms with E-state index in [-0.39, 0.29) is 12.4 Å². The Kier molecular flexibility index (Phi) is 4.06. The molecule has 0 aliphatic carbocycles. The molecular formula is C17H14F2N2O2. The molecule has 3 rings (SSSR count). The summed E-state index contributed by atoms with van der Waals surface area (Å²) in [6, 6.07) is 11.2. The van der Waals surface area contributed by atoms with Gasteiger partial charge in [-0.25, -0.2) is 8.78 Å². The molecule has 2 aromatic rings. The maximum absolute atomic E-state index is 13.0. The largest absolute Gasteiger partial charge is 0.328 e. The smallest absolute Gasteiger partial charge is 0.316 e. The van der Waals surface area contributed by atoms with E-state index in [0.717, 1.165) is 5.56 Å². The number of nitrogens with zero attached hydrogens (tertiary/aromatic N) is 2. The monoisotopic (exact) mass is 316 g/mol. The second kappa shape index (κ2) is 6.16. The van der Waals surface area contributed by atoms with Crippen molar-refractivity contribution in [2.75, 3.05) is 18.0 Å². The van der Waals surface area contributed by atoms with Crippen LogP contribution >= 0.6 is 0 Å². The van der Waals surface area contributed by atoms with Crippen LogP contribution in [0.3, 0.4) is 0 Å². The second-order valence-electron chi connectivity index (χ2n) is 5.29. The minimum absolute atomic E-state index is 0.252. The third kappa shape index (κ3) is 3.21. The van der Waals surface area contributed by atoms with Gasteiger partial charge in [0, 0.05) is 25.3 Å². The molecule has 0 bridgehead atoms. The Labute approximate surface area is 131 Å². The van der Waals surface area contributed by atoms with E-state index in [4.69, 9.17) is 0 Å². The number of hydrogen-bond acceptors (Lipinski definition) is 2. The van der Waals surface area contributed by atoms with Gasteiger partial charge in [-0.1, -0.05) is 12.1 Å². The first-order valence-electron chi connectivity index (χ1n) is 7.15. The molecule has 2 aromatic carbocycles. The molecule has 1 fully saturated rings. The van der Waals surface area contributed by atoms with Crippen LogP contribution < -0.4 is 4.90 Å². The van der Waals surface area contributed by atoms with Crippen molar-refractivity contribution < 1.29 is 18.4 Å². The third-order valence-electron chi connectivity index (χ3n) is 3.73. The number of carbonyl (C=O) groups excluding carboxylic acids is 2. The van der Waals surface area contributed by atoms with Crippen molar-refractivity contribution in [3.8, 4) is 0 Å². The van der Waals surface area contributed by atoms with Crippen molar-refractivity contribution in [1.82, 2.24) is 4.90 Å². The fraction of sp³-hybridized carbons (Fsp3) is 0.176. The number of rotatable bonds is 3. The normalized spacial score (nSPS) is 15.2. The van der Waals surface area contributed by atoms with Gasteiger partial charge in [0.25, 0.3) is 0 Å². The summed E-state index contributed by atoms with van der Waals surface area (Å²) in [5, 5.41) is 0. The number of benzene rings is 2. The van der Waals surface area contributed by atoms with Crippen molar-refractivity contribution in [2.45, 2.75) is 6.54 Å². The molecule has 0 radical (unpaired) electrons. The Morgan fingerprint density at radius 1 is 0.783 bits per heavy atom. The summed E-state index contributed by atoms with van der Waals surface area (Å²) in [5.74, 6) is -2.02. The summed E-state index contributed by atoms with van der Waals surface area (Å²) in [6.07, 6.45) is 0.